The van der Waals surface area contributed by atoms with E-state index in [4.69, 9.17) is 11.2 Å². The fourth-order valence-corrected chi connectivity index (χ4v) is 2.20. The summed E-state index contributed by atoms with van der Waals surface area (Å²) in [6.07, 6.45) is 5.13. The van der Waals surface area contributed by atoms with Crippen LogP contribution in [-0.2, 0) is 12.0 Å². The molecule has 0 aromatic heterocycles. The normalized spacial score (nSPS) is 10.8. The molecule has 0 saturated heterocycles. The van der Waals surface area contributed by atoms with E-state index in [1.54, 1.807) is 12.1 Å². The Morgan fingerprint density at radius 3 is 2.25 bits per heavy atom. The summed E-state index contributed by atoms with van der Waals surface area (Å²) in [4.78, 5) is 11.8. The fourth-order valence-electron chi connectivity index (χ4n) is 2.20. The highest BCUT2D eigenvalue weighted by Crippen LogP contribution is 2.24. The van der Waals surface area contributed by atoms with Gasteiger partial charge in [0.05, 0.1) is 6.54 Å². The maximum absolute atomic E-state index is 11.8. The Morgan fingerprint density at radius 1 is 1.08 bits per heavy atom. The summed E-state index contributed by atoms with van der Waals surface area (Å²) in [7, 11) is 0. The van der Waals surface area contributed by atoms with Crippen molar-refractivity contribution < 1.29 is 9.53 Å². The smallest absolute Gasteiger partial charge is 0.252 e. The highest BCUT2D eigenvalue weighted by Gasteiger charge is 2.13. The first-order valence-corrected chi connectivity index (χ1v) is 7.94. The van der Waals surface area contributed by atoms with Gasteiger partial charge in [-0.3, -0.25) is 4.79 Å². The maximum atomic E-state index is 11.8. The van der Waals surface area contributed by atoms with Crippen molar-refractivity contribution in [1.82, 2.24) is 5.32 Å². The second kappa shape index (κ2) is 7.70. The van der Waals surface area contributed by atoms with Crippen LogP contribution in [0.5, 0.6) is 5.75 Å². The van der Waals surface area contributed by atoms with Gasteiger partial charge in [-0.25, -0.2) is 0 Å². The van der Waals surface area contributed by atoms with Crippen molar-refractivity contribution in [3.8, 4) is 18.1 Å². The Hall–Kier alpha value is -2.73. The largest absolute Gasteiger partial charge is 0.489 e. The zero-order valence-corrected chi connectivity index (χ0v) is 14.4. The highest BCUT2D eigenvalue weighted by atomic mass is 16.5. The minimum Gasteiger partial charge on any atom is -0.489 e. The predicted molar refractivity (Wildman–Crippen MR) is 97.1 cm³/mol. The third kappa shape index (κ3) is 4.89. The molecule has 124 valence electrons. The van der Waals surface area contributed by atoms with Crippen LogP contribution in [0.2, 0.25) is 0 Å². The number of carbonyl (C=O) groups excluding carboxylic acids is 1. The van der Waals surface area contributed by atoms with Crippen LogP contribution in [0.15, 0.2) is 48.5 Å². The lowest BCUT2D eigenvalue weighted by Gasteiger charge is -2.19. The lowest BCUT2D eigenvalue weighted by molar-refractivity contribution is 0.0958. The molecule has 0 unspecified atom stereocenters. The van der Waals surface area contributed by atoms with Crippen molar-refractivity contribution in [3.63, 3.8) is 0 Å². The molecule has 1 N–H and O–H groups in total. The Balaban J connectivity index is 1.93. The van der Waals surface area contributed by atoms with E-state index in [-0.39, 0.29) is 17.9 Å². The molecule has 0 atom stereocenters. The topological polar surface area (TPSA) is 38.3 Å². The van der Waals surface area contributed by atoms with Gasteiger partial charge < -0.3 is 10.1 Å². The molecular formula is C21H23NO2. The van der Waals surface area contributed by atoms with Gasteiger partial charge in [0.15, 0.2) is 0 Å². The minimum absolute atomic E-state index is 0.133. The van der Waals surface area contributed by atoms with Crippen LogP contribution in [-0.4, -0.2) is 12.5 Å². The van der Waals surface area contributed by atoms with E-state index < -0.39 is 0 Å². The van der Waals surface area contributed by atoms with Crippen molar-refractivity contribution >= 4 is 5.91 Å². The van der Waals surface area contributed by atoms with Crippen LogP contribution in [0.1, 0.15) is 42.3 Å². The van der Waals surface area contributed by atoms with Gasteiger partial charge in [0, 0.05) is 5.56 Å². The van der Waals surface area contributed by atoms with E-state index in [1.165, 1.54) is 5.56 Å². The average Bonchev–Trinajstić information content (AvgIpc) is 2.58. The first-order chi connectivity index (χ1) is 11.4. The first-order valence-electron chi connectivity index (χ1n) is 7.94. The number of terminal acetylenes is 1. The Bertz CT molecular complexity index is 716. The summed E-state index contributed by atoms with van der Waals surface area (Å²) in [5.74, 6) is 3.04. The SMILES string of the molecule is C#CCNC(=O)c1ccc(COc2ccc(C(C)(C)C)cc2)cc1. The van der Waals surface area contributed by atoms with E-state index in [0.29, 0.717) is 12.2 Å². The first kappa shape index (κ1) is 17.6. The average molecular weight is 321 g/mol. The second-order valence-corrected chi connectivity index (χ2v) is 6.65. The third-order valence-corrected chi connectivity index (χ3v) is 3.69. The summed E-state index contributed by atoms with van der Waals surface area (Å²) < 4.78 is 5.80. The number of amides is 1. The minimum atomic E-state index is -0.168. The number of hydrogen-bond donors (Lipinski definition) is 1. The van der Waals surface area contributed by atoms with Crippen molar-refractivity contribution in [2.75, 3.05) is 6.54 Å². The molecule has 3 nitrogen and oxygen atoms in total. The highest BCUT2D eigenvalue weighted by molar-refractivity contribution is 5.94. The number of nitrogens with one attached hydrogen (secondary N) is 1. The molecule has 0 aliphatic carbocycles. The molecule has 0 aliphatic heterocycles. The lowest BCUT2D eigenvalue weighted by Crippen LogP contribution is -2.23. The second-order valence-electron chi connectivity index (χ2n) is 6.65. The Kier molecular flexibility index (Phi) is 5.65. The maximum Gasteiger partial charge on any atom is 0.252 e. The number of hydrogen-bond acceptors (Lipinski definition) is 2. The molecular weight excluding hydrogens is 298 g/mol. The molecule has 0 radical (unpaired) electrons. The van der Waals surface area contributed by atoms with Crippen LogP contribution in [0, 0.1) is 12.3 Å². The van der Waals surface area contributed by atoms with Gasteiger partial charge in [0.1, 0.15) is 12.4 Å². The number of carbonyl (C=O) groups is 1. The van der Waals surface area contributed by atoms with E-state index in [9.17, 15) is 4.79 Å². The monoisotopic (exact) mass is 321 g/mol. The van der Waals surface area contributed by atoms with Gasteiger partial charge >= 0.3 is 0 Å². The Labute approximate surface area is 144 Å². The molecule has 24 heavy (non-hydrogen) atoms. The van der Waals surface area contributed by atoms with Gasteiger partial charge in [-0.1, -0.05) is 51.0 Å². The molecule has 1 amide bonds. The van der Waals surface area contributed by atoms with Crippen molar-refractivity contribution in [1.29, 1.82) is 0 Å². The van der Waals surface area contributed by atoms with Gasteiger partial charge in [-0.2, -0.15) is 0 Å². The van der Waals surface area contributed by atoms with Gasteiger partial charge in [0.25, 0.3) is 5.91 Å². The standard InChI is InChI=1S/C21H23NO2/c1-5-14-22-20(23)17-8-6-16(7-9-17)15-24-19-12-10-18(11-13-19)21(2,3)4/h1,6-13H,14-15H2,2-4H3,(H,22,23). The van der Waals surface area contributed by atoms with Gasteiger partial charge in [0.2, 0.25) is 0 Å². The molecule has 2 aromatic carbocycles. The zero-order valence-electron chi connectivity index (χ0n) is 14.4. The molecule has 2 rings (SSSR count). The quantitative estimate of drug-likeness (QED) is 0.848. The summed E-state index contributed by atoms with van der Waals surface area (Å²) in [6, 6.07) is 15.5. The Morgan fingerprint density at radius 2 is 1.71 bits per heavy atom. The molecule has 0 bridgehead atoms. The van der Waals surface area contributed by atoms with Crippen LogP contribution >= 0.6 is 0 Å². The molecule has 0 heterocycles. The van der Waals surface area contributed by atoms with E-state index >= 15 is 0 Å². The number of benzene rings is 2. The number of rotatable bonds is 5. The van der Waals surface area contributed by atoms with Gasteiger partial charge in [-0.15, -0.1) is 6.42 Å². The van der Waals surface area contributed by atoms with E-state index in [0.717, 1.165) is 11.3 Å². The fraction of sp³-hybridized carbons (Fsp3) is 0.286. The van der Waals surface area contributed by atoms with Crippen LogP contribution in [0.3, 0.4) is 0 Å². The molecule has 2 aromatic rings. The summed E-state index contributed by atoms with van der Waals surface area (Å²) in [5.41, 5.74) is 3.00. The molecule has 0 spiro atoms. The molecule has 0 fully saturated rings. The molecule has 0 aliphatic rings. The zero-order chi connectivity index (χ0) is 17.6. The van der Waals surface area contributed by atoms with E-state index in [1.807, 2.05) is 24.3 Å². The van der Waals surface area contributed by atoms with Crippen molar-refractivity contribution in [2.24, 2.45) is 0 Å². The number of ether oxygens (including phenoxy) is 1. The summed E-state index contributed by atoms with van der Waals surface area (Å²) in [6.45, 7) is 7.24. The lowest BCUT2D eigenvalue weighted by atomic mass is 9.87. The third-order valence-electron chi connectivity index (χ3n) is 3.69. The predicted octanol–water partition coefficient (Wildman–Crippen LogP) is 3.93. The molecule has 3 heteroatoms. The van der Waals surface area contributed by atoms with Crippen LogP contribution < -0.4 is 10.1 Å². The molecule has 0 saturated carbocycles. The van der Waals surface area contributed by atoms with Crippen LogP contribution in [0.25, 0.3) is 0 Å². The van der Waals surface area contributed by atoms with Crippen molar-refractivity contribution in [3.05, 3.63) is 65.2 Å². The van der Waals surface area contributed by atoms with E-state index in [2.05, 4.69) is 44.1 Å². The van der Waals surface area contributed by atoms with Crippen molar-refractivity contribution in [2.45, 2.75) is 32.8 Å². The van der Waals surface area contributed by atoms with Crippen LogP contribution in [0.4, 0.5) is 0 Å². The van der Waals surface area contributed by atoms with Gasteiger partial charge in [-0.05, 0) is 40.8 Å². The summed E-state index contributed by atoms with van der Waals surface area (Å²) in [5, 5.41) is 2.64. The summed E-state index contributed by atoms with van der Waals surface area (Å²) >= 11 is 0.